The molecular formula is C6H13IN2. The quantitative estimate of drug-likeness (QED) is 0.543. The van der Waals surface area contributed by atoms with Gasteiger partial charge in [0, 0.05) is 28.9 Å². The summed E-state index contributed by atoms with van der Waals surface area (Å²) in [7, 11) is 2.18. The lowest BCUT2D eigenvalue weighted by Crippen LogP contribution is -2.37. The van der Waals surface area contributed by atoms with E-state index >= 15 is 0 Å². The first-order chi connectivity index (χ1) is 4.33. The summed E-state index contributed by atoms with van der Waals surface area (Å²) in [6.07, 6.45) is 2.61. The van der Waals surface area contributed by atoms with Crippen LogP contribution in [0.25, 0.3) is 0 Å². The molecule has 0 unspecified atom stereocenters. The minimum atomic E-state index is 0.766. The lowest BCUT2D eigenvalue weighted by molar-refractivity contribution is 0.252. The molecule has 2 nitrogen and oxygen atoms in total. The Kier molecular flexibility index (Phi) is 3.21. The topological polar surface area (TPSA) is 15.3 Å². The van der Waals surface area contributed by atoms with Crippen molar-refractivity contribution in [2.45, 2.75) is 18.9 Å². The largest absolute Gasteiger partial charge is 0.306 e. The molecule has 1 heterocycles. The highest BCUT2D eigenvalue weighted by molar-refractivity contribution is 14.1. The first-order valence-electron chi connectivity index (χ1n) is 3.37. The van der Waals surface area contributed by atoms with Crippen molar-refractivity contribution in [3.63, 3.8) is 0 Å². The average Bonchev–Trinajstić information content (AvgIpc) is 1.90. The second kappa shape index (κ2) is 3.73. The molecule has 9 heavy (non-hydrogen) atoms. The van der Waals surface area contributed by atoms with Crippen LogP contribution in [0.4, 0.5) is 0 Å². The molecule has 1 rings (SSSR count). The van der Waals surface area contributed by atoms with Crippen LogP contribution in [-0.2, 0) is 0 Å². The van der Waals surface area contributed by atoms with Gasteiger partial charge in [-0.2, -0.15) is 0 Å². The fourth-order valence-corrected chi connectivity index (χ4v) is 1.74. The van der Waals surface area contributed by atoms with Crippen molar-refractivity contribution in [2.24, 2.45) is 0 Å². The molecule has 1 saturated heterocycles. The molecule has 1 N–H and O–H groups in total. The average molecular weight is 240 g/mol. The zero-order valence-corrected chi connectivity index (χ0v) is 7.89. The molecule has 0 bridgehead atoms. The maximum atomic E-state index is 3.27. The van der Waals surface area contributed by atoms with Crippen LogP contribution in [0.2, 0.25) is 0 Å². The molecule has 54 valence electrons. The van der Waals surface area contributed by atoms with E-state index in [-0.39, 0.29) is 0 Å². The predicted molar refractivity (Wildman–Crippen MR) is 47.7 cm³/mol. The smallest absolute Gasteiger partial charge is 0.0187 e. The molecule has 0 aromatic heterocycles. The van der Waals surface area contributed by atoms with Gasteiger partial charge in [0.1, 0.15) is 0 Å². The van der Waals surface area contributed by atoms with Crippen LogP contribution in [-0.4, -0.2) is 31.1 Å². The monoisotopic (exact) mass is 240 g/mol. The van der Waals surface area contributed by atoms with Crippen LogP contribution < -0.4 is 3.53 Å². The third-order valence-electron chi connectivity index (χ3n) is 1.87. The van der Waals surface area contributed by atoms with Gasteiger partial charge in [-0.15, -0.1) is 0 Å². The summed E-state index contributed by atoms with van der Waals surface area (Å²) in [6.45, 7) is 2.50. The lowest BCUT2D eigenvalue weighted by atomic mass is 10.1. The van der Waals surface area contributed by atoms with E-state index in [0.29, 0.717) is 0 Å². The molecule has 1 aliphatic rings. The molecule has 0 aliphatic carbocycles. The second-order valence-electron chi connectivity index (χ2n) is 2.69. The van der Waals surface area contributed by atoms with E-state index in [4.69, 9.17) is 0 Å². The Labute approximate surface area is 70.5 Å². The van der Waals surface area contributed by atoms with E-state index in [0.717, 1.165) is 6.04 Å². The van der Waals surface area contributed by atoms with Crippen molar-refractivity contribution in [3.8, 4) is 0 Å². The number of nitrogens with zero attached hydrogens (tertiary/aromatic N) is 1. The van der Waals surface area contributed by atoms with Crippen LogP contribution in [0.15, 0.2) is 0 Å². The van der Waals surface area contributed by atoms with Gasteiger partial charge in [-0.3, -0.25) is 3.53 Å². The molecule has 0 amide bonds. The fourth-order valence-electron chi connectivity index (χ4n) is 1.12. The molecule has 0 aromatic carbocycles. The SMILES string of the molecule is CN1CCC(NI)CC1. The van der Waals surface area contributed by atoms with E-state index in [1.807, 2.05) is 0 Å². The Morgan fingerprint density at radius 3 is 2.44 bits per heavy atom. The van der Waals surface area contributed by atoms with Gasteiger partial charge < -0.3 is 4.90 Å². The van der Waals surface area contributed by atoms with Crippen LogP contribution >= 0.6 is 22.9 Å². The summed E-state index contributed by atoms with van der Waals surface area (Å²) in [5.41, 5.74) is 0. The number of nitrogens with one attached hydrogen (secondary N) is 1. The Hall–Kier alpha value is 0.650. The molecule has 0 saturated carbocycles. The third kappa shape index (κ3) is 2.39. The summed E-state index contributed by atoms with van der Waals surface area (Å²) < 4.78 is 3.27. The highest BCUT2D eigenvalue weighted by Gasteiger charge is 2.14. The zero-order chi connectivity index (χ0) is 6.69. The standard InChI is InChI=1S/C6H13IN2/c1-9-4-2-6(8-7)3-5-9/h6,8H,2-5H2,1H3. The van der Waals surface area contributed by atoms with Crippen LogP contribution in [0.1, 0.15) is 12.8 Å². The number of rotatable bonds is 1. The highest BCUT2D eigenvalue weighted by Crippen LogP contribution is 2.08. The van der Waals surface area contributed by atoms with Crippen molar-refractivity contribution in [3.05, 3.63) is 0 Å². The van der Waals surface area contributed by atoms with Gasteiger partial charge >= 0.3 is 0 Å². The third-order valence-corrected chi connectivity index (χ3v) is 2.75. The first kappa shape index (κ1) is 7.75. The van der Waals surface area contributed by atoms with E-state index in [2.05, 4.69) is 38.3 Å². The van der Waals surface area contributed by atoms with Gasteiger partial charge in [0.2, 0.25) is 0 Å². The number of halogens is 1. The number of hydrogen-bond donors (Lipinski definition) is 1. The van der Waals surface area contributed by atoms with Crippen molar-refractivity contribution in [1.82, 2.24) is 8.43 Å². The summed E-state index contributed by atoms with van der Waals surface area (Å²) in [4.78, 5) is 2.38. The zero-order valence-electron chi connectivity index (χ0n) is 5.73. The number of piperidine rings is 1. The predicted octanol–water partition coefficient (Wildman–Crippen LogP) is 1.02. The Balaban J connectivity index is 2.18. The Morgan fingerprint density at radius 1 is 1.44 bits per heavy atom. The number of likely N-dealkylation sites (tertiary alicyclic amines) is 1. The summed E-state index contributed by atoms with van der Waals surface area (Å²) in [5.74, 6) is 0. The normalized spacial score (nSPS) is 24.7. The fraction of sp³-hybridized carbons (Fsp3) is 1.00. The maximum Gasteiger partial charge on any atom is 0.0187 e. The van der Waals surface area contributed by atoms with Crippen LogP contribution in [0.5, 0.6) is 0 Å². The minimum Gasteiger partial charge on any atom is -0.306 e. The summed E-state index contributed by atoms with van der Waals surface area (Å²) in [6, 6.07) is 0.766. The maximum absolute atomic E-state index is 3.27. The Bertz CT molecular complexity index is 79.1. The van der Waals surface area contributed by atoms with Gasteiger partial charge in [-0.1, -0.05) is 0 Å². The lowest BCUT2D eigenvalue weighted by Gasteiger charge is -2.27. The molecule has 1 aliphatic heterocycles. The van der Waals surface area contributed by atoms with E-state index in [1.54, 1.807) is 0 Å². The molecule has 0 radical (unpaired) electrons. The van der Waals surface area contributed by atoms with Gasteiger partial charge in [0.05, 0.1) is 0 Å². The Morgan fingerprint density at radius 2 is 2.00 bits per heavy atom. The summed E-state index contributed by atoms with van der Waals surface area (Å²) in [5, 5.41) is 0. The van der Waals surface area contributed by atoms with Crippen molar-refractivity contribution < 1.29 is 0 Å². The molecule has 3 heteroatoms. The molecule has 0 aromatic rings. The minimum absolute atomic E-state index is 0.766. The van der Waals surface area contributed by atoms with Gasteiger partial charge in [0.15, 0.2) is 0 Å². The van der Waals surface area contributed by atoms with Gasteiger partial charge in [0.25, 0.3) is 0 Å². The molecule has 0 spiro atoms. The molecular weight excluding hydrogens is 227 g/mol. The summed E-state index contributed by atoms with van der Waals surface area (Å²) >= 11 is 2.25. The van der Waals surface area contributed by atoms with E-state index in [9.17, 15) is 0 Å². The molecule has 1 fully saturated rings. The van der Waals surface area contributed by atoms with Crippen molar-refractivity contribution >= 4 is 22.9 Å². The van der Waals surface area contributed by atoms with E-state index in [1.165, 1.54) is 25.9 Å². The second-order valence-corrected chi connectivity index (χ2v) is 3.31. The van der Waals surface area contributed by atoms with Crippen LogP contribution in [0, 0.1) is 0 Å². The molecule has 0 atom stereocenters. The number of hydrogen-bond acceptors (Lipinski definition) is 2. The highest BCUT2D eigenvalue weighted by atomic mass is 127. The van der Waals surface area contributed by atoms with Crippen molar-refractivity contribution in [2.75, 3.05) is 20.1 Å². The van der Waals surface area contributed by atoms with Gasteiger partial charge in [-0.25, -0.2) is 0 Å². The first-order valence-corrected chi connectivity index (χ1v) is 4.45. The van der Waals surface area contributed by atoms with Crippen LogP contribution in [0.3, 0.4) is 0 Å². The van der Waals surface area contributed by atoms with E-state index < -0.39 is 0 Å². The van der Waals surface area contributed by atoms with Crippen molar-refractivity contribution in [1.29, 1.82) is 0 Å². The van der Waals surface area contributed by atoms with Gasteiger partial charge in [-0.05, 0) is 33.0 Å².